The van der Waals surface area contributed by atoms with Crippen LogP contribution in [0.2, 0.25) is 5.15 Å². The molecule has 8 nitrogen and oxygen atoms in total. The molecule has 0 aliphatic carbocycles. The lowest BCUT2D eigenvalue weighted by molar-refractivity contribution is -0.143. The van der Waals surface area contributed by atoms with Crippen LogP contribution in [-0.4, -0.2) is 39.1 Å². The number of ether oxygens (including phenoxy) is 2. The number of anilines is 1. The van der Waals surface area contributed by atoms with Gasteiger partial charge in [-0.05, 0) is 37.1 Å². The molecule has 0 fully saturated rings. The third kappa shape index (κ3) is 5.92. The third-order valence-electron chi connectivity index (χ3n) is 4.24. The second-order valence-corrected chi connectivity index (χ2v) is 7.23. The molecule has 0 aliphatic rings. The van der Waals surface area contributed by atoms with Crippen molar-refractivity contribution in [1.29, 1.82) is 0 Å². The molecule has 2 heterocycles. The van der Waals surface area contributed by atoms with Crippen LogP contribution in [0.15, 0.2) is 36.5 Å². The van der Waals surface area contributed by atoms with Crippen LogP contribution in [0.25, 0.3) is 5.82 Å². The fourth-order valence-electron chi connectivity index (χ4n) is 2.82. The molecule has 0 saturated heterocycles. The van der Waals surface area contributed by atoms with E-state index in [9.17, 15) is 18.0 Å². The van der Waals surface area contributed by atoms with Gasteiger partial charge in [0, 0.05) is 11.8 Å². The van der Waals surface area contributed by atoms with Gasteiger partial charge < -0.3 is 14.8 Å². The van der Waals surface area contributed by atoms with Gasteiger partial charge in [0.25, 0.3) is 5.91 Å². The highest BCUT2D eigenvalue weighted by atomic mass is 35.5. The molecule has 0 saturated carbocycles. The normalized spacial score (nSPS) is 11.3. The summed E-state index contributed by atoms with van der Waals surface area (Å²) in [6, 6.07) is 7.09. The van der Waals surface area contributed by atoms with Crippen LogP contribution in [0, 0.1) is 0 Å². The zero-order valence-electron chi connectivity index (χ0n) is 17.8. The van der Waals surface area contributed by atoms with Gasteiger partial charge in [-0.1, -0.05) is 25.4 Å². The summed E-state index contributed by atoms with van der Waals surface area (Å²) in [5.74, 6) is -0.377. The lowest BCUT2D eigenvalue weighted by Crippen LogP contribution is -2.21. The fourth-order valence-corrected chi connectivity index (χ4v) is 2.92. The third-order valence-corrected chi connectivity index (χ3v) is 4.44. The van der Waals surface area contributed by atoms with Crippen molar-refractivity contribution < 1.29 is 27.4 Å². The van der Waals surface area contributed by atoms with E-state index in [1.165, 1.54) is 24.3 Å². The first-order valence-electron chi connectivity index (χ1n) is 10.1. The smallest absolute Gasteiger partial charge is 0.434 e. The predicted octanol–water partition coefficient (Wildman–Crippen LogP) is 5.16. The van der Waals surface area contributed by atoms with Crippen LogP contribution >= 0.6 is 11.6 Å². The topological polar surface area (TPSA) is 91.2 Å². The Morgan fingerprint density at radius 3 is 2.36 bits per heavy atom. The minimum absolute atomic E-state index is 0.00453. The summed E-state index contributed by atoms with van der Waals surface area (Å²) in [7, 11) is 0. The van der Waals surface area contributed by atoms with Crippen molar-refractivity contribution in [2.45, 2.75) is 32.9 Å². The van der Waals surface area contributed by atoms with Crippen LogP contribution in [0.5, 0.6) is 11.5 Å². The molecule has 176 valence electrons. The molecular formula is C21H21ClF3N5O3. The summed E-state index contributed by atoms with van der Waals surface area (Å²) >= 11 is 5.65. The van der Waals surface area contributed by atoms with Crippen molar-refractivity contribution in [1.82, 2.24) is 20.0 Å². The number of rotatable bonds is 9. The van der Waals surface area contributed by atoms with E-state index in [1.807, 2.05) is 13.8 Å². The molecule has 0 bridgehead atoms. The van der Waals surface area contributed by atoms with E-state index in [-0.39, 0.29) is 16.7 Å². The number of hydrogen-bond acceptors (Lipinski definition) is 6. The van der Waals surface area contributed by atoms with E-state index in [0.717, 1.165) is 19.0 Å². The van der Waals surface area contributed by atoms with Gasteiger partial charge in [0.15, 0.2) is 28.2 Å². The van der Waals surface area contributed by atoms with Gasteiger partial charge in [0.05, 0.1) is 25.0 Å². The molecule has 0 radical (unpaired) electrons. The zero-order chi connectivity index (χ0) is 24.0. The van der Waals surface area contributed by atoms with Crippen molar-refractivity contribution in [2.24, 2.45) is 0 Å². The lowest BCUT2D eigenvalue weighted by Gasteiger charge is -2.15. The summed E-state index contributed by atoms with van der Waals surface area (Å²) in [6.07, 6.45) is -2.54. The number of amides is 1. The zero-order valence-corrected chi connectivity index (χ0v) is 18.6. The maximum absolute atomic E-state index is 13.8. The number of benzene rings is 1. The van der Waals surface area contributed by atoms with Crippen molar-refractivity contribution in [3.63, 3.8) is 0 Å². The number of carbonyl (C=O) groups excluding carboxylic acids is 1. The summed E-state index contributed by atoms with van der Waals surface area (Å²) in [4.78, 5) is 12.8. The van der Waals surface area contributed by atoms with Gasteiger partial charge >= 0.3 is 6.18 Å². The largest absolute Gasteiger partial charge is 0.490 e. The molecule has 1 amide bonds. The molecular weight excluding hydrogens is 463 g/mol. The quantitative estimate of drug-likeness (QED) is 0.452. The van der Waals surface area contributed by atoms with Crippen LogP contribution in [0.3, 0.4) is 0 Å². The fraction of sp³-hybridized carbons (Fsp3) is 0.333. The number of nitrogens with one attached hydrogen (secondary N) is 1. The Morgan fingerprint density at radius 2 is 1.76 bits per heavy atom. The molecule has 12 heteroatoms. The Bertz CT molecular complexity index is 1100. The van der Waals surface area contributed by atoms with Gasteiger partial charge in [-0.25, -0.2) is 4.68 Å². The number of halogens is 4. The Morgan fingerprint density at radius 1 is 1.06 bits per heavy atom. The molecule has 0 unspecified atom stereocenters. The van der Waals surface area contributed by atoms with E-state index in [4.69, 9.17) is 21.1 Å². The number of nitrogens with zero attached hydrogens (tertiary/aromatic N) is 4. The van der Waals surface area contributed by atoms with Gasteiger partial charge in [0.1, 0.15) is 0 Å². The highest BCUT2D eigenvalue weighted by Gasteiger charge is 2.41. The average molecular weight is 484 g/mol. The van der Waals surface area contributed by atoms with E-state index in [1.54, 1.807) is 6.07 Å². The molecule has 3 rings (SSSR count). The molecule has 33 heavy (non-hydrogen) atoms. The van der Waals surface area contributed by atoms with Crippen molar-refractivity contribution in [3.8, 4) is 17.3 Å². The Labute approximate surface area is 192 Å². The first-order chi connectivity index (χ1) is 15.7. The molecule has 2 aromatic heterocycles. The number of carbonyl (C=O) groups is 1. The first-order valence-corrected chi connectivity index (χ1v) is 10.5. The molecule has 0 aliphatic heterocycles. The van der Waals surface area contributed by atoms with Gasteiger partial charge in [-0.15, -0.1) is 10.2 Å². The van der Waals surface area contributed by atoms with Gasteiger partial charge in [-0.2, -0.15) is 18.3 Å². The molecule has 1 aromatic carbocycles. The van der Waals surface area contributed by atoms with E-state index < -0.39 is 23.3 Å². The van der Waals surface area contributed by atoms with Crippen molar-refractivity contribution in [2.75, 3.05) is 18.5 Å². The van der Waals surface area contributed by atoms with Crippen LogP contribution in [0.1, 0.15) is 42.7 Å². The molecule has 0 spiro atoms. The lowest BCUT2D eigenvalue weighted by atomic mass is 10.2. The van der Waals surface area contributed by atoms with Crippen LogP contribution < -0.4 is 14.8 Å². The first kappa shape index (κ1) is 24.3. The van der Waals surface area contributed by atoms with Crippen molar-refractivity contribution in [3.05, 3.63) is 52.9 Å². The maximum atomic E-state index is 13.8. The number of alkyl halides is 3. The second kappa shape index (κ2) is 10.5. The van der Waals surface area contributed by atoms with Crippen molar-refractivity contribution >= 4 is 23.2 Å². The monoisotopic (exact) mass is 483 g/mol. The number of hydrogen-bond donors (Lipinski definition) is 1. The number of aromatic nitrogens is 4. The second-order valence-electron chi connectivity index (χ2n) is 6.84. The SMILES string of the molecule is CCCOc1ccc(NC(=O)c2cnn(-c3ccc(Cl)nn3)c2C(F)(F)F)cc1OCCC. The summed E-state index contributed by atoms with van der Waals surface area (Å²) in [6.45, 7) is 4.76. The van der Waals surface area contributed by atoms with Gasteiger partial charge in [-0.3, -0.25) is 4.79 Å². The maximum Gasteiger partial charge on any atom is 0.434 e. The summed E-state index contributed by atoms with van der Waals surface area (Å²) in [5, 5.41) is 13.3. The minimum atomic E-state index is -4.89. The van der Waals surface area contributed by atoms with E-state index >= 15 is 0 Å². The molecule has 0 atom stereocenters. The molecule has 3 aromatic rings. The van der Waals surface area contributed by atoms with E-state index in [2.05, 4.69) is 20.6 Å². The summed E-state index contributed by atoms with van der Waals surface area (Å²) < 4.78 is 53.3. The Balaban J connectivity index is 1.92. The van der Waals surface area contributed by atoms with Gasteiger partial charge in [0.2, 0.25) is 0 Å². The highest BCUT2D eigenvalue weighted by molar-refractivity contribution is 6.29. The van der Waals surface area contributed by atoms with Crippen LogP contribution in [0.4, 0.5) is 18.9 Å². The highest BCUT2D eigenvalue weighted by Crippen LogP contribution is 2.35. The Kier molecular flexibility index (Phi) is 7.75. The van der Waals surface area contributed by atoms with Crippen LogP contribution in [-0.2, 0) is 6.18 Å². The Hall–Kier alpha value is -3.34. The minimum Gasteiger partial charge on any atom is -0.490 e. The standard InChI is InChI=1S/C21H21ClF3N5O3/c1-3-9-32-15-6-5-13(11-16(15)33-10-4-2)27-20(31)14-12-26-30(19(14)21(23,24)25)18-8-7-17(22)28-29-18/h5-8,11-12H,3-4,9-10H2,1-2H3,(H,27,31). The average Bonchev–Trinajstić information content (AvgIpc) is 3.23. The summed E-state index contributed by atoms with van der Waals surface area (Å²) in [5.41, 5.74) is -1.73. The van der Waals surface area contributed by atoms with E-state index in [0.29, 0.717) is 29.4 Å². The predicted molar refractivity (Wildman–Crippen MR) is 115 cm³/mol. The molecule has 1 N–H and O–H groups in total.